The van der Waals surface area contributed by atoms with Crippen LogP contribution in [0.3, 0.4) is 0 Å². The Kier molecular flexibility index (Phi) is 6.78. The minimum Gasteiger partial charge on any atom is -0.456 e. The van der Waals surface area contributed by atoms with Crippen LogP contribution in [0.2, 0.25) is 0 Å². The van der Waals surface area contributed by atoms with Gasteiger partial charge in [0, 0.05) is 27.5 Å². The first kappa shape index (κ1) is 29.0. The largest absolute Gasteiger partial charge is 0.456 e. The molecule has 0 atom stereocenters. The molecule has 4 nitrogen and oxygen atoms in total. The maximum Gasteiger partial charge on any atom is 0.164 e. The Hall–Kier alpha value is -6.91. The van der Waals surface area contributed by atoms with Crippen LogP contribution in [0.4, 0.5) is 0 Å². The van der Waals surface area contributed by atoms with E-state index in [1.54, 1.807) is 0 Å². The van der Waals surface area contributed by atoms with Crippen LogP contribution in [0.15, 0.2) is 180 Å². The minimum absolute atomic E-state index is 0.639. The minimum atomic E-state index is 0.639. The summed E-state index contributed by atoms with van der Waals surface area (Å²) in [6.45, 7) is 0. The van der Waals surface area contributed by atoms with Gasteiger partial charge in [-0.15, -0.1) is 0 Å². The molecule has 2 heterocycles. The van der Waals surface area contributed by atoms with E-state index < -0.39 is 0 Å². The maximum atomic E-state index is 6.17. The number of para-hydroxylation sites is 1. The van der Waals surface area contributed by atoms with Crippen LogP contribution >= 0.6 is 0 Å². The van der Waals surface area contributed by atoms with Gasteiger partial charge in [0.05, 0.1) is 0 Å². The van der Waals surface area contributed by atoms with E-state index in [4.69, 9.17) is 19.4 Å². The lowest BCUT2D eigenvalue weighted by Crippen LogP contribution is -2.00. The normalized spacial score (nSPS) is 11.5. The standard InChI is InChI=1S/C47H29N3O/c1-2-12-31(13-3-1)45-48-46(50-47(49-45)40-20-9-14-30-11-4-5-17-38(30)40)37-16-8-15-32(29-37)33-23-24-35-28-36(26-25-34(35)27-33)39-19-10-22-43-44(39)41-18-6-7-21-42(41)51-43/h1-29H. The Labute approximate surface area is 294 Å². The van der Waals surface area contributed by atoms with Crippen LogP contribution in [0.1, 0.15) is 0 Å². The van der Waals surface area contributed by atoms with E-state index in [1.807, 2.05) is 48.5 Å². The van der Waals surface area contributed by atoms with E-state index in [-0.39, 0.29) is 0 Å². The number of fused-ring (bicyclic) bond motifs is 5. The van der Waals surface area contributed by atoms with Gasteiger partial charge >= 0.3 is 0 Å². The van der Waals surface area contributed by atoms with E-state index in [0.717, 1.165) is 60.5 Å². The van der Waals surface area contributed by atoms with Crippen molar-refractivity contribution in [3.05, 3.63) is 176 Å². The fraction of sp³-hybridized carbons (Fsp3) is 0. The molecule has 0 aliphatic heterocycles. The fourth-order valence-corrected chi connectivity index (χ4v) is 7.21. The topological polar surface area (TPSA) is 51.8 Å². The lowest BCUT2D eigenvalue weighted by atomic mass is 9.95. The first-order chi connectivity index (χ1) is 25.2. The van der Waals surface area contributed by atoms with Gasteiger partial charge in [-0.25, -0.2) is 15.0 Å². The number of nitrogens with zero attached hydrogens (tertiary/aromatic N) is 3. The van der Waals surface area contributed by atoms with Crippen molar-refractivity contribution in [3.63, 3.8) is 0 Å². The summed E-state index contributed by atoms with van der Waals surface area (Å²) in [5.41, 5.74) is 9.25. The average Bonchev–Trinajstić information content (AvgIpc) is 3.59. The zero-order chi connectivity index (χ0) is 33.7. The second kappa shape index (κ2) is 11.9. The number of hydrogen-bond acceptors (Lipinski definition) is 4. The summed E-state index contributed by atoms with van der Waals surface area (Å²) in [7, 11) is 0. The van der Waals surface area contributed by atoms with Gasteiger partial charge in [0.15, 0.2) is 17.5 Å². The van der Waals surface area contributed by atoms with E-state index >= 15 is 0 Å². The highest BCUT2D eigenvalue weighted by Gasteiger charge is 2.16. The van der Waals surface area contributed by atoms with Crippen LogP contribution in [-0.2, 0) is 0 Å². The summed E-state index contributed by atoms with van der Waals surface area (Å²) in [6.07, 6.45) is 0. The molecule has 10 aromatic rings. The summed E-state index contributed by atoms with van der Waals surface area (Å²) in [6, 6.07) is 61.1. The summed E-state index contributed by atoms with van der Waals surface area (Å²) >= 11 is 0. The van der Waals surface area contributed by atoms with Crippen LogP contribution in [0.5, 0.6) is 0 Å². The number of hydrogen-bond donors (Lipinski definition) is 0. The molecule has 0 saturated carbocycles. The Morgan fingerprint density at radius 1 is 0.314 bits per heavy atom. The van der Waals surface area contributed by atoms with Crippen molar-refractivity contribution in [2.24, 2.45) is 0 Å². The lowest BCUT2D eigenvalue weighted by molar-refractivity contribution is 0.669. The number of furan rings is 1. The molecule has 10 rings (SSSR count). The maximum absolute atomic E-state index is 6.17. The highest BCUT2D eigenvalue weighted by molar-refractivity contribution is 6.13. The predicted octanol–water partition coefficient (Wildman–Crippen LogP) is 12.4. The van der Waals surface area contributed by atoms with Gasteiger partial charge < -0.3 is 4.42 Å². The van der Waals surface area contributed by atoms with Gasteiger partial charge in [0.1, 0.15) is 11.2 Å². The van der Waals surface area contributed by atoms with E-state index in [9.17, 15) is 0 Å². The first-order valence-corrected chi connectivity index (χ1v) is 17.1. The Morgan fingerprint density at radius 3 is 1.76 bits per heavy atom. The summed E-state index contributed by atoms with van der Waals surface area (Å²) in [5, 5.41) is 6.90. The zero-order valence-electron chi connectivity index (χ0n) is 27.5. The quantitative estimate of drug-likeness (QED) is 0.186. The van der Waals surface area contributed by atoms with Crippen LogP contribution in [0, 0.1) is 0 Å². The molecule has 0 spiro atoms. The molecule has 238 valence electrons. The van der Waals surface area contributed by atoms with Gasteiger partial charge in [0.2, 0.25) is 0 Å². The van der Waals surface area contributed by atoms with Gasteiger partial charge in [-0.2, -0.15) is 0 Å². The molecular weight excluding hydrogens is 623 g/mol. The molecule has 0 saturated heterocycles. The van der Waals surface area contributed by atoms with Gasteiger partial charge in [-0.3, -0.25) is 0 Å². The SMILES string of the molecule is c1ccc(-c2nc(-c3cccc(-c4ccc5cc(-c6cccc7oc8ccccc8c67)ccc5c4)c3)nc(-c3cccc4ccccc34)n2)cc1. The number of benzene rings is 8. The van der Waals surface area contributed by atoms with Gasteiger partial charge in [-0.1, -0.05) is 146 Å². The van der Waals surface area contributed by atoms with Gasteiger partial charge in [0.25, 0.3) is 0 Å². The molecule has 0 unspecified atom stereocenters. The van der Waals surface area contributed by atoms with Crippen LogP contribution < -0.4 is 0 Å². The second-order valence-electron chi connectivity index (χ2n) is 12.8. The molecule has 8 aromatic carbocycles. The second-order valence-corrected chi connectivity index (χ2v) is 12.8. The Bertz CT molecular complexity index is 2920. The highest BCUT2D eigenvalue weighted by atomic mass is 16.3. The molecule has 0 bridgehead atoms. The summed E-state index contributed by atoms with van der Waals surface area (Å²) in [4.78, 5) is 15.1. The predicted molar refractivity (Wildman–Crippen MR) is 209 cm³/mol. The molecule has 51 heavy (non-hydrogen) atoms. The fourth-order valence-electron chi connectivity index (χ4n) is 7.21. The molecule has 4 heteroatoms. The zero-order valence-corrected chi connectivity index (χ0v) is 27.5. The van der Waals surface area contributed by atoms with Crippen molar-refractivity contribution >= 4 is 43.5 Å². The molecule has 0 N–H and O–H groups in total. The first-order valence-electron chi connectivity index (χ1n) is 17.1. The molecule has 0 aliphatic carbocycles. The van der Waals surface area contributed by atoms with Gasteiger partial charge in [-0.05, 0) is 74.1 Å². The summed E-state index contributed by atoms with van der Waals surface area (Å²) in [5.74, 6) is 1.94. The van der Waals surface area contributed by atoms with E-state index in [0.29, 0.717) is 17.5 Å². The monoisotopic (exact) mass is 651 g/mol. The van der Waals surface area contributed by atoms with Crippen molar-refractivity contribution in [2.45, 2.75) is 0 Å². The average molecular weight is 652 g/mol. The third kappa shape index (κ3) is 5.13. The third-order valence-electron chi connectivity index (χ3n) is 9.71. The van der Waals surface area contributed by atoms with Crippen molar-refractivity contribution < 1.29 is 4.42 Å². The molecular formula is C47H29N3O. The molecule has 2 aromatic heterocycles. The number of aromatic nitrogens is 3. The molecule has 0 fully saturated rings. The molecule has 0 aliphatic rings. The molecule has 0 radical (unpaired) electrons. The molecule has 0 amide bonds. The third-order valence-corrected chi connectivity index (χ3v) is 9.71. The van der Waals surface area contributed by atoms with Crippen molar-refractivity contribution in [2.75, 3.05) is 0 Å². The Morgan fingerprint density at radius 2 is 0.882 bits per heavy atom. The smallest absolute Gasteiger partial charge is 0.164 e. The Balaban J connectivity index is 1.05. The summed E-state index contributed by atoms with van der Waals surface area (Å²) < 4.78 is 6.17. The van der Waals surface area contributed by atoms with Crippen molar-refractivity contribution in [1.82, 2.24) is 15.0 Å². The van der Waals surface area contributed by atoms with Crippen LogP contribution in [-0.4, -0.2) is 15.0 Å². The highest BCUT2D eigenvalue weighted by Crippen LogP contribution is 2.38. The van der Waals surface area contributed by atoms with Crippen molar-refractivity contribution in [1.29, 1.82) is 0 Å². The van der Waals surface area contributed by atoms with E-state index in [1.165, 1.54) is 21.9 Å². The van der Waals surface area contributed by atoms with E-state index in [2.05, 4.69) is 127 Å². The van der Waals surface area contributed by atoms with Crippen molar-refractivity contribution in [3.8, 4) is 56.4 Å². The lowest BCUT2D eigenvalue weighted by Gasteiger charge is -2.11. The number of rotatable bonds is 5. The van der Waals surface area contributed by atoms with Crippen LogP contribution in [0.25, 0.3) is 99.9 Å².